The van der Waals surface area contributed by atoms with Crippen LogP contribution in [0.4, 0.5) is 16.2 Å². The Morgan fingerprint density at radius 2 is 1.70 bits per heavy atom. The fourth-order valence-corrected chi connectivity index (χ4v) is 6.46. The molecule has 2 aliphatic rings. The predicted octanol–water partition coefficient (Wildman–Crippen LogP) is 3.54. The Kier molecular flexibility index (Phi) is 9.89. The molecule has 0 aromatic heterocycles. The van der Waals surface area contributed by atoms with Gasteiger partial charge in [0.25, 0.3) is 0 Å². The van der Waals surface area contributed by atoms with Gasteiger partial charge in [-0.2, -0.15) is 4.31 Å². The Hall–Kier alpha value is -4.53. The normalized spacial score (nSPS) is 18.5. The van der Waals surface area contributed by atoms with Crippen LogP contribution in [0, 0.1) is 5.92 Å². The van der Waals surface area contributed by atoms with Crippen LogP contribution in [-0.4, -0.2) is 87.5 Å². The summed E-state index contributed by atoms with van der Waals surface area (Å²) in [6.45, 7) is 3.72. The smallest absolute Gasteiger partial charge is 0.323 e. The molecule has 5 rings (SSSR count). The highest BCUT2D eigenvalue weighted by Crippen LogP contribution is 2.34. The summed E-state index contributed by atoms with van der Waals surface area (Å²) in [5.41, 5.74) is 1.42. The van der Waals surface area contributed by atoms with E-state index in [1.54, 1.807) is 60.4 Å². The van der Waals surface area contributed by atoms with Crippen molar-refractivity contribution >= 4 is 33.3 Å². The number of nitrogens with zero attached hydrogens (tertiary/aromatic N) is 2. The number of sulfonamides is 1. The van der Waals surface area contributed by atoms with Gasteiger partial charge in [-0.15, -0.1) is 0 Å². The number of fused-ring (bicyclic) bond motifs is 2. The second-order valence-corrected chi connectivity index (χ2v) is 13.4. The highest BCUT2D eigenvalue weighted by Gasteiger charge is 2.33. The Bertz CT molecular complexity index is 1680. The topological polar surface area (TPSA) is 156 Å². The molecule has 0 radical (unpaired) electrons. The number of nitrogens with one attached hydrogen (secondary N) is 2. The molecule has 13 nitrogen and oxygen atoms in total. The fourth-order valence-electron chi connectivity index (χ4n) is 5.27. The number of ether oxygens (including phenoxy) is 4. The van der Waals surface area contributed by atoms with Crippen molar-refractivity contribution in [3.8, 4) is 23.0 Å². The largest absolute Gasteiger partial charge is 0.497 e. The van der Waals surface area contributed by atoms with E-state index in [1.165, 1.54) is 30.6 Å². The van der Waals surface area contributed by atoms with Gasteiger partial charge in [-0.25, -0.2) is 13.2 Å². The molecular formula is C32H38N4O9S. The highest BCUT2D eigenvalue weighted by molar-refractivity contribution is 7.89. The van der Waals surface area contributed by atoms with E-state index in [2.05, 4.69) is 10.6 Å². The van der Waals surface area contributed by atoms with Crippen LogP contribution >= 0.6 is 0 Å². The van der Waals surface area contributed by atoms with E-state index in [4.69, 9.17) is 18.9 Å². The van der Waals surface area contributed by atoms with Crippen molar-refractivity contribution in [1.82, 2.24) is 9.21 Å². The quantitative estimate of drug-likeness (QED) is 0.314. The standard InChI is InChI=1S/C32H38N4O9S/c1-20-16-36(21(2)18-37)31(38)14-22-13-23(33-32(39)34-24-6-12-28-29(15-24)44-19-43-28)5-11-27(22)45-30(20)17-35(3)46(40,41)26-9-7-25(42-4)8-10-26/h5-13,15,20-21,30,37H,14,16-19H2,1-4H3,(H2,33,34,39)/t20-,21+,30-/m0/s1. The minimum atomic E-state index is -3.88. The predicted molar refractivity (Wildman–Crippen MR) is 170 cm³/mol. The number of anilines is 2. The third kappa shape index (κ3) is 7.30. The minimum Gasteiger partial charge on any atom is -0.497 e. The first-order chi connectivity index (χ1) is 22.0. The molecule has 2 aliphatic heterocycles. The molecule has 0 fully saturated rings. The molecule has 3 N–H and O–H groups in total. The number of methoxy groups -OCH3 is 1. The molecule has 46 heavy (non-hydrogen) atoms. The van der Waals surface area contributed by atoms with Gasteiger partial charge in [0, 0.05) is 42.5 Å². The van der Waals surface area contributed by atoms with Crippen LogP contribution in [0.1, 0.15) is 19.4 Å². The molecule has 0 aliphatic carbocycles. The van der Waals surface area contributed by atoms with Gasteiger partial charge in [-0.05, 0) is 61.5 Å². The van der Waals surface area contributed by atoms with E-state index in [0.717, 1.165) is 0 Å². The van der Waals surface area contributed by atoms with Gasteiger partial charge in [-0.1, -0.05) is 6.92 Å². The highest BCUT2D eigenvalue weighted by atomic mass is 32.2. The first-order valence-corrected chi connectivity index (χ1v) is 16.2. The van der Waals surface area contributed by atoms with Gasteiger partial charge in [0.2, 0.25) is 22.7 Å². The minimum absolute atomic E-state index is 0.0115. The van der Waals surface area contributed by atoms with Gasteiger partial charge in [-0.3, -0.25) is 4.79 Å². The van der Waals surface area contributed by atoms with Crippen LogP contribution in [0.3, 0.4) is 0 Å². The summed E-state index contributed by atoms with van der Waals surface area (Å²) in [6.07, 6.45) is -0.720. The SMILES string of the molecule is COc1ccc(S(=O)(=O)N(C)C[C@@H]2Oc3ccc(NC(=O)Nc4ccc5c(c4)OCO5)cc3CC(=O)N([C@H](C)CO)C[C@@H]2C)cc1. The van der Waals surface area contributed by atoms with E-state index in [1.807, 2.05) is 6.92 Å². The number of carbonyl (C=O) groups excluding carboxylic acids is 2. The first-order valence-electron chi connectivity index (χ1n) is 14.8. The summed E-state index contributed by atoms with van der Waals surface area (Å²) >= 11 is 0. The van der Waals surface area contributed by atoms with E-state index < -0.39 is 28.2 Å². The summed E-state index contributed by atoms with van der Waals surface area (Å²) in [4.78, 5) is 28.1. The van der Waals surface area contributed by atoms with Crippen LogP contribution in [0.5, 0.6) is 23.0 Å². The molecule has 0 spiro atoms. The first kappa shape index (κ1) is 32.9. The van der Waals surface area contributed by atoms with Crippen molar-refractivity contribution in [2.75, 3.05) is 51.3 Å². The van der Waals surface area contributed by atoms with E-state index in [0.29, 0.717) is 39.9 Å². The molecule has 2 heterocycles. The number of rotatable bonds is 9. The number of aliphatic hydroxyl groups excluding tert-OH is 1. The molecule has 0 saturated heterocycles. The lowest BCUT2D eigenvalue weighted by atomic mass is 10.0. The third-order valence-electron chi connectivity index (χ3n) is 8.01. The lowest BCUT2D eigenvalue weighted by Crippen LogP contribution is -2.48. The zero-order valence-corrected chi connectivity index (χ0v) is 26.9. The van der Waals surface area contributed by atoms with Crippen molar-refractivity contribution in [3.63, 3.8) is 0 Å². The number of hydrogen-bond acceptors (Lipinski definition) is 9. The summed E-state index contributed by atoms with van der Waals surface area (Å²) in [7, 11) is -0.897. The Morgan fingerprint density at radius 3 is 2.37 bits per heavy atom. The molecular weight excluding hydrogens is 616 g/mol. The van der Waals surface area contributed by atoms with Gasteiger partial charge in [0.1, 0.15) is 17.6 Å². The molecule has 3 amide bonds. The second kappa shape index (κ2) is 13.8. The number of hydrogen-bond donors (Lipinski definition) is 3. The van der Waals surface area contributed by atoms with Crippen LogP contribution < -0.4 is 29.6 Å². The lowest BCUT2D eigenvalue weighted by molar-refractivity contribution is -0.134. The van der Waals surface area contributed by atoms with Crippen LogP contribution in [0.25, 0.3) is 0 Å². The summed E-state index contributed by atoms with van der Waals surface area (Å²) < 4.78 is 50.4. The Labute approximate surface area is 268 Å². The number of likely N-dealkylation sites (N-methyl/N-ethyl adjacent to an activating group) is 1. The molecule has 14 heteroatoms. The van der Waals surface area contributed by atoms with Crippen molar-refractivity contribution in [3.05, 3.63) is 66.2 Å². The van der Waals surface area contributed by atoms with E-state index >= 15 is 0 Å². The van der Waals surface area contributed by atoms with Crippen LogP contribution in [0.2, 0.25) is 0 Å². The van der Waals surface area contributed by atoms with Gasteiger partial charge >= 0.3 is 6.03 Å². The zero-order valence-electron chi connectivity index (χ0n) is 26.1. The van der Waals surface area contributed by atoms with Gasteiger partial charge in [0.15, 0.2) is 11.5 Å². The fraction of sp³-hybridized carbons (Fsp3) is 0.375. The molecule has 3 atom stereocenters. The summed E-state index contributed by atoms with van der Waals surface area (Å²) in [5, 5.41) is 15.5. The van der Waals surface area contributed by atoms with Crippen molar-refractivity contribution in [2.45, 2.75) is 37.3 Å². The Morgan fingerprint density at radius 1 is 1.04 bits per heavy atom. The number of benzene rings is 3. The van der Waals surface area contributed by atoms with Crippen molar-refractivity contribution in [1.29, 1.82) is 0 Å². The van der Waals surface area contributed by atoms with Crippen molar-refractivity contribution < 1.29 is 42.1 Å². The van der Waals surface area contributed by atoms with Crippen LogP contribution in [0.15, 0.2) is 65.6 Å². The number of aliphatic hydroxyl groups is 1. The third-order valence-corrected chi connectivity index (χ3v) is 9.85. The number of amides is 3. The monoisotopic (exact) mass is 654 g/mol. The summed E-state index contributed by atoms with van der Waals surface area (Å²) in [5.74, 6) is 1.49. The Balaban J connectivity index is 1.38. The van der Waals surface area contributed by atoms with E-state index in [-0.39, 0.29) is 49.6 Å². The maximum atomic E-state index is 13.5. The van der Waals surface area contributed by atoms with Crippen LogP contribution in [-0.2, 0) is 21.2 Å². The average Bonchev–Trinajstić information content (AvgIpc) is 3.52. The van der Waals surface area contributed by atoms with Gasteiger partial charge < -0.3 is 39.6 Å². The maximum Gasteiger partial charge on any atom is 0.323 e. The number of carbonyl (C=O) groups is 2. The maximum absolute atomic E-state index is 13.5. The molecule has 3 aromatic rings. The van der Waals surface area contributed by atoms with Gasteiger partial charge in [0.05, 0.1) is 37.6 Å². The zero-order chi connectivity index (χ0) is 33.0. The second-order valence-electron chi connectivity index (χ2n) is 11.3. The lowest BCUT2D eigenvalue weighted by Gasteiger charge is -2.33. The van der Waals surface area contributed by atoms with Crippen molar-refractivity contribution in [2.24, 2.45) is 5.92 Å². The average molecular weight is 655 g/mol. The molecule has 0 bridgehead atoms. The molecule has 0 saturated carbocycles. The number of urea groups is 1. The molecule has 246 valence electrons. The van der Waals surface area contributed by atoms with E-state index in [9.17, 15) is 23.1 Å². The summed E-state index contributed by atoms with van der Waals surface area (Å²) in [6, 6.07) is 15.1. The molecule has 3 aromatic carbocycles. The molecule has 0 unspecified atom stereocenters.